The van der Waals surface area contributed by atoms with Gasteiger partial charge in [-0.1, -0.05) is 0 Å². The summed E-state index contributed by atoms with van der Waals surface area (Å²) in [4.78, 5) is 0. The standard InChI is InChI=1S/C34H25.C2H7Si.2ClH.Zr/c1-2-22-20-32-29(27-15-7-12-23-10-3-5-13-25(23)27)17-9-19-30(32)34(22)31-18-8-16-28-26-14-6-4-11-24(26)21-33(28)31;1-3-2;;;/h3-17,19-20,34H,2,21H2,1H3;3H,1-2H3;2*1H;/q;;;;+2/p-2. The maximum atomic E-state index is 2.57. The fraction of sp³-hybridized carbons (Fsp3) is 0.167. The van der Waals surface area contributed by atoms with E-state index in [1.165, 1.54) is 49.7 Å². The SMILES string of the molecule is CCC1=Cc2c(-c3cccc4ccccc34)cccc2C1c1[c]([Zr+2][SiH](C)C)ccc2c1Cc1ccccc1-2.[Cl-].[Cl-]. The molecule has 198 valence electrons. The zero-order valence-corrected chi connectivity index (χ0v) is 28.3. The zero-order valence-electron chi connectivity index (χ0n) is 23.1. The van der Waals surface area contributed by atoms with E-state index in [0.717, 1.165) is 12.8 Å². The number of rotatable bonds is 5. The molecule has 7 rings (SSSR count). The molecule has 0 amide bonds. The first-order valence-electron chi connectivity index (χ1n) is 14.0. The van der Waals surface area contributed by atoms with E-state index in [0.29, 0.717) is 5.92 Å². The van der Waals surface area contributed by atoms with Gasteiger partial charge < -0.3 is 24.8 Å². The van der Waals surface area contributed by atoms with Gasteiger partial charge in [0.1, 0.15) is 0 Å². The zero-order chi connectivity index (χ0) is 25.8. The van der Waals surface area contributed by atoms with Crippen LogP contribution in [-0.2, 0) is 28.8 Å². The predicted octanol–water partition coefficient (Wildman–Crippen LogP) is 2.72. The molecule has 2 aliphatic carbocycles. The summed E-state index contributed by atoms with van der Waals surface area (Å²) in [6, 6.07) is 36.8. The van der Waals surface area contributed by atoms with E-state index in [1.54, 1.807) is 20.0 Å². The molecule has 4 heteroatoms. The van der Waals surface area contributed by atoms with Gasteiger partial charge in [0.25, 0.3) is 0 Å². The number of allylic oxidation sites excluding steroid dienone is 1. The van der Waals surface area contributed by atoms with Gasteiger partial charge in [0, 0.05) is 0 Å². The Morgan fingerprint density at radius 1 is 0.725 bits per heavy atom. The Hall–Kier alpha value is -2.22. The van der Waals surface area contributed by atoms with Crippen molar-refractivity contribution in [2.75, 3.05) is 0 Å². The molecule has 5 aromatic carbocycles. The Labute approximate surface area is 262 Å². The molecule has 0 bridgehead atoms. The van der Waals surface area contributed by atoms with E-state index in [4.69, 9.17) is 0 Å². The first-order chi connectivity index (χ1) is 18.6. The fourth-order valence-electron chi connectivity index (χ4n) is 6.81. The van der Waals surface area contributed by atoms with Crippen LogP contribution in [0.25, 0.3) is 39.1 Å². The first kappa shape index (κ1) is 29.3. The quantitative estimate of drug-likeness (QED) is 0.251. The average Bonchev–Trinajstić information content (AvgIpc) is 3.50. The van der Waals surface area contributed by atoms with E-state index in [9.17, 15) is 0 Å². The number of halogens is 2. The number of benzene rings is 5. The van der Waals surface area contributed by atoms with Gasteiger partial charge in [0.2, 0.25) is 0 Å². The molecule has 0 radical (unpaired) electrons. The van der Waals surface area contributed by atoms with Crippen LogP contribution in [0.5, 0.6) is 0 Å². The van der Waals surface area contributed by atoms with Crippen molar-refractivity contribution in [3.05, 3.63) is 130 Å². The van der Waals surface area contributed by atoms with Gasteiger partial charge in [-0.2, -0.15) is 0 Å². The van der Waals surface area contributed by atoms with Crippen LogP contribution in [0.2, 0.25) is 13.1 Å². The van der Waals surface area contributed by atoms with Gasteiger partial charge in [-0.15, -0.1) is 0 Å². The molecule has 0 aromatic heterocycles. The van der Waals surface area contributed by atoms with Gasteiger partial charge >= 0.3 is 240 Å². The molecule has 0 nitrogen and oxygen atoms in total. The summed E-state index contributed by atoms with van der Waals surface area (Å²) in [6.07, 6.45) is 4.73. The summed E-state index contributed by atoms with van der Waals surface area (Å²) in [5.41, 5.74) is 15.0. The second kappa shape index (κ2) is 11.9. The Morgan fingerprint density at radius 3 is 2.25 bits per heavy atom. The van der Waals surface area contributed by atoms with Crippen molar-refractivity contribution < 1.29 is 47.2 Å². The molecule has 0 spiro atoms. The van der Waals surface area contributed by atoms with Crippen LogP contribution >= 0.6 is 0 Å². The maximum Gasteiger partial charge on any atom is -1.00 e. The predicted molar refractivity (Wildman–Crippen MR) is 163 cm³/mol. The monoisotopic (exact) mass is 652 g/mol. The van der Waals surface area contributed by atoms with Crippen molar-refractivity contribution in [3.8, 4) is 22.3 Å². The van der Waals surface area contributed by atoms with Crippen molar-refractivity contribution >= 4 is 26.0 Å². The summed E-state index contributed by atoms with van der Waals surface area (Å²) < 4.78 is 1.76. The molecule has 0 saturated carbocycles. The van der Waals surface area contributed by atoms with Crippen LogP contribution in [-0.4, -0.2) is 5.92 Å². The molecule has 0 heterocycles. The van der Waals surface area contributed by atoms with Gasteiger partial charge in [-0.05, 0) is 0 Å². The van der Waals surface area contributed by atoms with Crippen LogP contribution in [0.4, 0.5) is 0 Å². The van der Waals surface area contributed by atoms with E-state index >= 15 is 0 Å². The van der Waals surface area contributed by atoms with Crippen LogP contribution < -0.4 is 28.1 Å². The fourth-order valence-corrected chi connectivity index (χ4v) is 15.1. The van der Waals surface area contributed by atoms with E-state index < -0.39 is 28.3 Å². The third kappa shape index (κ3) is 4.82. The summed E-state index contributed by atoms with van der Waals surface area (Å²) in [5.74, 6) is -0.235. The third-order valence-corrected chi connectivity index (χ3v) is 16.9. The molecular weight excluding hydrogens is 623 g/mol. The molecule has 0 saturated heterocycles. The van der Waals surface area contributed by atoms with Crippen molar-refractivity contribution in [3.63, 3.8) is 0 Å². The minimum Gasteiger partial charge on any atom is -1.00 e. The first-order valence-corrected chi connectivity index (χ1v) is 22.3. The maximum absolute atomic E-state index is 2.57. The Kier molecular flexibility index (Phi) is 8.74. The summed E-state index contributed by atoms with van der Waals surface area (Å²) in [6.45, 7) is 7.49. The molecule has 1 unspecified atom stereocenters. The molecule has 1 atom stereocenters. The van der Waals surface area contributed by atoms with Crippen LogP contribution in [0.3, 0.4) is 0 Å². The van der Waals surface area contributed by atoms with Crippen LogP contribution in [0.1, 0.15) is 47.1 Å². The van der Waals surface area contributed by atoms with Crippen LogP contribution in [0.15, 0.2) is 103 Å². The van der Waals surface area contributed by atoms with Crippen molar-refractivity contribution in [2.45, 2.75) is 38.8 Å². The Bertz CT molecular complexity index is 1750. The van der Waals surface area contributed by atoms with E-state index in [1.807, 2.05) is 0 Å². The molecule has 40 heavy (non-hydrogen) atoms. The molecule has 2 aliphatic rings. The van der Waals surface area contributed by atoms with Gasteiger partial charge in [0.15, 0.2) is 0 Å². The van der Waals surface area contributed by atoms with Crippen molar-refractivity contribution in [1.82, 2.24) is 0 Å². The number of hydrogen-bond acceptors (Lipinski definition) is 0. The summed E-state index contributed by atoms with van der Waals surface area (Å²) in [5, 5.41) is 2.65. The number of hydrogen-bond donors (Lipinski definition) is 0. The number of fused-ring (bicyclic) bond motifs is 5. The smallest absolute Gasteiger partial charge is 1.00 e. The van der Waals surface area contributed by atoms with Crippen molar-refractivity contribution in [2.24, 2.45) is 0 Å². The van der Waals surface area contributed by atoms with E-state index in [-0.39, 0.29) is 24.8 Å². The normalized spacial score (nSPS) is 14.5. The molecule has 0 aliphatic heterocycles. The summed E-state index contributed by atoms with van der Waals surface area (Å²) >= 11 is -0.588. The largest absolute Gasteiger partial charge is 1.00 e. The van der Waals surface area contributed by atoms with E-state index in [2.05, 4.69) is 123 Å². The van der Waals surface area contributed by atoms with Gasteiger partial charge in [0.05, 0.1) is 0 Å². The van der Waals surface area contributed by atoms with Crippen molar-refractivity contribution in [1.29, 1.82) is 0 Å². The molecular formula is C36H32Cl2SiZr. The van der Waals surface area contributed by atoms with Gasteiger partial charge in [-0.25, -0.2) is 0 Å². The minimum atomic E-state index is -0.622. The molecule has 5 aromatic rings. The van der Waals surface area contributed by atoms with Crippen LogP contribution in [0, 0.1) is 0 Å². The minimum absolute atomic E-state index is 0. The second-order valence-corrected chi connectivity index (χ2v) is 25.6. The Balaban J connectivity index is 0.00000161. The molecule has 0 N–H and O–H groups in total. The molecule has 0 fully saturated rings. The Morgan fingerprint density at radius 2 is 1.43 bits per heavy atom. The third-order valence-electron chi connectivity index (χ3n) is 8.40. The topological polar surface area (TPSA) is 0 Å². The second-order valence-electron chi connectivity index (χ2n) is 11.0. The average molecular weight is 655 g/mol. The van der Waals surface area contributed by atoms with Gasteiger partial charge in [-0.3, -0.25) is 0 Å². The summed E-state index contributed by atoms with van der Waals surface area (Å²) in [7, 11) is 0.